The van der Waals surface area contributed by atoms with E-state index in [1.807, 2.05) is 0 Å². The number of rotatable bonds is 5. The summed E-state index contributed by atoms with van der Waals surface area (Å²) in [5, 5.41) is 11.3. The van der Waals surface area contributed by atoms with Crippen molar-refractivity contribution in [1.82, 2.24) is 0 Å². The van der Waals surface area contributed by atoms with Crippen LogP contribution in [0, 0.1) is 58.5 Å². The lowest BCUT2D eigenvalue weighted by Crippen LogP contribution is -2.40. The van der Waals surface area contributed by atoms with Crippen LogP contribution in [0.2, 0.25) is 0 Å². The summed E-state index contributed by atoms with van der Waals surface area (Å²) in [6, 6.07) is 10.8. The van der Waals surface area contributed by atoms with Crippen LogP contribution in [0.25, 0.3) is 0 Å². The van der Waals surface area contributed by atoms with E-state index in [4.69, 9.17) is 4.74 Å². The van der Waals surface area contributed by atoms with Crippen LogP contribution in [0.5, 0.6) is 5.75 Å². The number of hydrogen-bond donors (Lipinski definition) is 0. The summed E-state index contributed by atoms with van der Waals surface area (Å²) in [5.41, 5.74) is 1.20. The van der Waals surface area contributed by atoms with Gasteiger partial charge in [-0.05, 0) is 67.3 Å². The topological polar surface area (TPSA) is 127 Å². The van der Waals surface area contributed by atoms with E-state index in [2.05, 4.69) is 12.2 Å². The van der Waals surface area contributed by atoms with Gasteiger partial charge in [0.1, 0.15) is 5.75 Å². The van der Waals surface area contributed by atoms with Gasteiger partial charge < -0.3 is 9.64 Å². The highest BCUT2D eigenvalue weighted by Crippen LogP contribution is 2.65. The molecule has 4 fully saturated rings. The molecule has 2 aromatic carbocycles. The first kappa shape index (κ1) is 23.8. The minimum atomic E-state index is -0.739. The van der Waals surface area contributed by atoms with Crippen LogP contribution < -0.4 is 14.5 Å². The summed E-state index contributed by atoms with van der Waals surface area (Å²) in [4.78, 5) is 65.5. The van der Waals surface area contributed by atoms with Gasteiger partial charge in [0.05, 0.1) is 34.1 Å². The predicted octanol–water partition coefficient (Wildman–Crippen LogP) is 3.42. The number of aryl methyl sites for hydroxylation is 1. The highest BCUT2D eigenvalue weighted by Gasteiger charge is 2.67. The fourth-order valence-corrected chi connectivity index (χ4v) is 7.15. The Kier molecular flexibility index (Phi) is 5.07. The number of nitro benzene ring substituents is 1. The largest absolute Gasteiger partial charge is 0.426 e. The van der Waals surface area contributed by atoms with Crippen molar-refractivity contribution in [3.05, 3.63) is 70.3 Å². The fourth-order valence-electron chi connectivity index (χ4n) is 7.15. The van der Waals surface area contributed by atoms with E-state index >= 15 is 0 Å². The molecule has 198 valence electrons. The molecule has 39 heavy (non-hydrogen) atoms. The van der Waals surface area contributed by atoms with Gasteiger partial charge in [0.15, 0.2) is 0 Å². The van der Waals surface area contributed by atoms with E-state index in [-0.39, 0.29) is 65.8 Å². The van der Waals surface area contributed by atoms with E-state index in [1.165, 1.54) is 28.0 Å². The van der Waals surface area contributed by atoms with Crippen LogP contribution in [0.3, 0.4) is 0 Å². The highest BCUT2D eigenvalue weighted by molar-refractivity contribution is 6.22. The number of carbonyl (C=O) groups excluding carboxylic acids is 4. The maximum Gasteiger partial charge on any atom is 0.316 e. The second kappa shape index (κ2) is 8.33. The Morgan fingerprint density at radius 3 is 2.18 bits per heavy atom. The monoisotopic (exact) mass is 527 g/mol. The highest BCUT2D eigenvalue weighted by atomic mass is 16.6. The second-order valence-corrected chi connectivity index (χ2v) is 11.2. The number of nitro groups is 1. The van der Waals surface area contributed by atoms with Crippen LogP contribution in [0.4, 0.5) is 17.1 Å². The first-order valence-corrected chi connectivity index (χ1v) is 13.2. The molecule has 2 heterocycles. The third kappa shape index (κ3) is 3.54. The summed E-state index contributed by atoms with van der Waals surface area (Å²) >= 11 is 0. The van der Waals surface area contributed by atoms with Crippen LogP contribution in [0.15, 0.2) is 54.6 Å². The Labute approximate surface area is 223 Å². The smallest absolute Gasteiger partial charge is 0.316 e. The van der Waals surface area contributed by atoms with Gasteiger partial charge in [-0.3, -0.25) is 34.2 Å². The van der Waals surface area contributed by atoms with Crippen molar-refractivity contribution in [3.63, 3.8) is 0 Å². The SMILES string of the molecule is Cc1ccc(N2C[C@H](C(=O)Oc3ccc(N4C(=O)[C@@H]5[C@H]6C=C[C@@H]([C@@H]7C[C@H]67)[C@@H]5C4=O)cc3)CC2=O)cc1[N+](=O)[O-]. The molecule has 7 atom stereocenters. The second-order valence-electron chi connectivity index (χ2n) is 11.2. The zero-order valence-corrected chi connectivity index (χ0v) is 21.1. The number of nitrogens with zero attached hydrogens (tertiary/aromatic N) is 3. The molecule has 0 N–H and O–H groups in total. The number of hydrogen-bond acceptors (Lipinski definition) is 7. The average molecular weight is 528 g/mol. The number of ether oxygens (including phenoxy) is 1. The molecular weight excluding hydrogens is 502 g/mol. The maximum atomic E-state index is 13.3. The quantitative estimate of drug-likeness (QED) is 0.146. The Hall–Kier alpha value is -4.34. The number of carbonyl (C=O) groups is 4. The summed E-state index contributed by atoms with van der Waals surface area (Å²) in [5.74, 6) is -0.951. The molecular formula is C29H25N3O7. The third-order valence-electron chi connectivity index (χ3n) is 9.14. The van der Waals surface area contributed by atoms with Gasteiger partial charge in [0, 0.05) is 24.6 Å². The van der Waals surface area contributed by atoms with Crippen LogP contribution >= 0.6 is 0 Å². The molecule has 0 spiro atoms. The van der Waals surface area contributed by atoms with Gasteiger partial charge >= 0.3 is 5.97 Å². The summed E-state index contributed by atoms with van der Waals surface area (Å²) in [7, 11) is 0. The van der Waals surface area contributed by atoms with Crippen LogP contribution in [-0.4, -0.2) is 35.2 Å². The lowest BCUT2D eigenvalue weighted by Gasteiger charge is -2.37. The predicted molar refractivity (Wildman–Crippen MR) is 138 cm³/mol. The van der Waals surface area contributed by atoms with Crippen molar-refractivity contribution in [2.24, 2.45) is 41.4 Å². The average Bonchev–Trinajstić information content (AvgIpc) is 3.60. The molecule has 4 aliphatic carbocycles. The number of allylic oxidation sites excluding steroid dienone is 2. The van der Waals surface area contributed by atoms with Crippen molar-refractivity contribution in [2.75, 3.05) is 16.3 Å². The van der Waals surface area contributed by atoms with Gasteiger partial charge in [-0.1, -0.05) is 18.2 Å². The van der Waals surface area contributed by atoms with Gasteiger partial charge in [-0.25, -0.2) is 0 Å². The molecule has 0 radical (unpaired) electrons. The Bertz CT molecular complexity index is 1460. The van der Waals surface area contributed by atoms with E-state index < -0.39 is 16.8 Å². The Morgan fingerprint density at radius 2 is 1.56 bits per heavy atom. The number of imide groups is 1. The van der Waals surface area contributed by atoms with Crippen molar-refractivity contribution in [3.8, 4) is 5.75 Å². The van der Waals surface area contributed by atoms with Gasteiger partial charge in [-0.2, -0.15) is 0 Å². The summed E-state index contributed by atoms with van der Waals surface area (Å²) in [6.45, 7) is 1.67. The Balaban J connectivity index is 1.03. The lowest BCUT2D eigenvalue weighted by atomic mass is 9.63. The summed E-state index contributed by atoms with van der Waals surface area (Å²) < 4.78 is 5.52. The number of esters is 1. The van der Waals surface area contributed by atoms with Crippen LogP contribution in [0.1, 0.15) is 18.4 Å². The van der Waals surface area contributed by atoms with Crippen molar-refractivity contribution in [2.45, 2.75) is 19.8 Å². The van der Waals surface area contributed by atoms with Gasteiger partial charge in [0.2, 0.25) is 17.7 Å². The minimum Gasteiger partial charge on any atom is -0.426 e. The number of benzene rings is 2. The summed E-state index contributed by atoms with van der Waals surface area (Å²) in [6.07, 6.45) is 5.29. The molecule has 2 aromatic rings. The molecule has 2 bridgehead atoms. The standard InChI is InChI=1S/C29H25N3O7/c1-14-2-3-17(11-23(14)32(37)38)30-13-15(10-24(30)33)29(36)39-18-6-4-16(5-7-18)31-27(34)25-19-8-9-20(22-12-21(19)22)26(25)28(31)35/h2-9,11,15,19-22,25-26H,10,12-13H2,1H3/t15-,19+,20+,21-,22+,25-,26+/m1/s1. The molecule has 10 nitrogen and oxygen atoms in total. The molecule has 2 saturated heterocycles. The minimum absolute atomic E-state index is 0.0495. The zero-order chi connectivity index (χ0) is 27.2. The van der Waals surface area contributed by atoms with Crippen LogP contribution in [-0.2, 0) is 19.2 Å². The third-order valence-corrected chi connectivity index (χ3v) is 9.14. The molecule has 10 heteroatoms. The number of amides is 3. The van der Waals surface area contributed by atoms with Gasteiger partial charge in [-0.15, -0.1) is 0 Å². The maximum absolute atomic E-state index is 13.3. The van der Waals surface area contributed by atoms with Crippen molar-refractivity contribution in [1.29, 1.82) is 0 Å². The van der Waals surface area contributed by atoms with Gasteiger partial charge in [0.25, 0.3) is 5.69 Å². The van der Waals surface area contributed by atoms with E-state index in [1.54, 1.807) is 31.2 Å². The van der Waals surface area contributed by atoms with Crippen molar-refractivity contribution < 1.29 is 28.8 Å². The lowest BCUT2D eigenvalue weighted by molar-refractivity contribution is -0.385. The number of anilines is 2. The normalized spacial score (nSPS) is 31.9. The van der Waals surface area contributed by atoms with E-state index in [0.29, 0.717) is 28.8 Å². The first-order chi connectivity index (χ1) is 18.7. The first-order valence-electron chi connectivity index (χ1n) is 13.2. The molecule has 2 aliphatic heterocycles. The Morgan fingerprint density at radius 1 is 0.949 bits per heavy atom. The van der Waals surface area contributed by atoms with Crippen molar-refractivity contribution >= 4 is 40.8 Å². The molecule has 6 aliphatic rings. The van der Waals surface area contributed by atoms with E-state index in [9.17, 15) is 29.3 Å². The molecule has 8 rings (SSSR count). The molecule has 2 saturated carbocycles. The molecule has 0 aromatic heterocycles. The van der Waals surface area contributed by atoms with E-state index in [0.717, 1.165) is 6.42 Å². The fraction of sp³-hybridized carbons (Fsp3) is 0.379. The molecule has 0 unspecified atom stereocenters. The molecule has 3 amide bonds. The zero-order valence-electron chi connectivity index (χ0n) is 21.1.